The molecule has 2 heteroatoms. The third-order valence-electron chi connectivity index (χ3n) is 3.18. The van der Waals surface area contributed by atoms with Crippen LogP contribution in [-0.4, -0.2) is 12.6 Å². The van der Waals surface area contributed by atoms with Crippen LogP contribution in [0.15, 0.2) is 18.2 Å². The summed E-state index contributed by atoms with van der Waals surface area (Å²) in [6.07, 6.45) is 7.23. The van der Waals surface area contributed by atoms with Crippen LogP contribution in [0.1, 0.15) is 57.6 Å². The van der Waals surface area contributed by atoms with E-state index in [2.05, 4.69) is 32.0 Å². The number of unbranched alkanes of at least 4 members (excludes halogenated alkanes) is 2. The third kappa shape index (κ3) is 6.63. The molecule has 0 fully saturated rings. The number of hydrogen-bond acceptors (Lipinski definition) is 2. The van der Waals surface area contributed by atoms with Crippen LogP contribution in [0.4, 0.5) is 0 Å². The van der Waals surface area contributed by atoms with Crippen LogP contribution in [0, 0.1) is 0 Å². The number of ether oxygens (including phenoxy) is 1. The van der Waals surface area contributed by atoms with Crippen LogP contribution in [-0.2, 0) is 12.8 Å². The molecule has 0 aromatic heterocycles. The number of benzene rings is 1. The average molecular weight is 263 g/mol. The molecule has 0 bridgehead atoms. The van der Waals surface area contributed by atoms with Gasteiger partial charge in [-0.1, -0.05) is 32.8 Å². The van der Waals surface area contributed by atoms with Crippen molar-refractivity contribution < 1.29 is 4.74 Å². The van der Waals surface area contributed by atoms with Crippen molar-refractivity contribution in [3.8, 4) is 5.75 Å². The first-order valence-electron chi connectivity index (χ1n) is 7.67. The summed E-state index contributed by atoms with van der Waals surface area (Å²) in [5.74, 6) is 0.983. The van der Waals surface area contributed by atoms with Gasteiger partial charge in [0.15, 0.2) is 0 Å². The highest BCUT2D eigenvalue weighted by Gasteiger charge is 2.04. The molecule has 0 saturated carbocycles. The Morgan fingerprint density at radius 2 is 1.53 bits per heavy atom. The second-order valence-corrected chi connectivity index (χ2v) is 5.48. The Morgan fingerprint density at radius 3 is 1.95 bits per heavy atom. The predicted octanol–water partition coefficient (Wildman–Crippen LogP) is 4.10. The van der Waals surface area contributed by atoms with Crippen molar-refractivity contribution in [1.82, 2.24) is 0 Å². The van der Waals surface area contributed by atoms with Crippen molar-refractivity contribution in [3.63, 3.8) is 0 Å². The Balaban J connectivity index is 2.75. The van der Waals surface area contributed by atoms with Crippen LogP contribution in [0.25, 0.3) is 0 Å². The van der Waals surface area contributed by atoms with Crippen molar-refractivity contribution >= 4 is 0 Å². The molecular formula is C17H29NO. The molecule has 0 aliphatic carbocycles. The molecular weight excluding hydrogens is 234 g/mol. The first kappa shape index (κ1) is 16.0. The van der Waals surface area contributed by atoms with Gasteiger partial charge in [-0.2, -0.15) is 0 Å². The summed E-state index contributed by atoms with van der Waals surface area (Å²) in [6, 6.07) is 6.77. The smallest absolute Gasteiger partial charge is 0.119 e. The van der Waals surface area contributed by atoms with Crippen molar-refractivity contribution in [2.45, 2.75) is 65.3 Å². The fourth-order valence-corrected chi connectivity index (χ4v) is 2.09. The molecule has 1 aromatic carbocycles. The van der Waals surface area contributed by atoms with Gasteiger partial charge in [0.25, 0.3) is 0 Å². The lowest BCUT2D eigenvalue weighted by atomic mass is 10.0. The van der Waals surface area contributed by atoms with Gasteiger partial charge in [0.05, 0.1) is 0 Å². The van der Waals surface area contributed by atoms with Crippen molar-refractivity contribution in [3.05, 3.63) is 29.3 Å². The molecule has 0 aliphatic heterocycles. The normalized spacial score (nSPS) is 12.4. The Labute approximate surface area is 118 Å². The summed E-state index contributed by atoms with van der Waals surface area (Å²) in [5, 5.41) is 0. The molecule has 1 aromatic rings. The summed E-state index contributed by atoms with van der Waals surface area (Å²) in [6.45, 7) is 7.02. The maximum Gasteiger partial charge on any atom is 0.119 e. The van der Waals surface area contributed by atoms with Gasteiger partial charge in [0.1, 0.15) is 12.4 Å². The number of rotatable bonds is 9. The molecule has 0 spiro atoms. The van der Waals surface area contributed by atoms with Crippen molar-refractivity contribution in [2.75, 3.05) is 6.61 Å². The number of hydrogen-bond donors (Lipinski definition) is 1. The number of aryl methyl sites for hydroxylation is 2. The van der Waals surface area contributed by atoms with Gasteiger partial charge in [0, 0.05) is 6.04 Å². The fourth-order valence-electron chi connectivity index (χ4n) is 2.09. The Morgan fingerprint density at radius 1 is 1.00 bits per heavy atom. The monoisotopic (exact) mass is 263 g/mol. The van der Waals surface area contributed by atoms with Crippen LogP contribution in [0.2, 0.25) is 0 Å². The van der Waals surface area contributed by atoms with E-state index in [1.165, 1.54) is 36.8 Å². The Kier molecular flexibility index (Phi) is 7.57. The maximum atomic E-state index is 5.78. The molecule has 1 atom stereocenters. The average Bonchev–Trinajstić information content (AvgIpc) is 2.40. The van der Waals surface area contributed by atoms with Gasteiger partial charge in [-0.15, -0.1) is 0 Å². The molecule has 0 saturated heterocycles. The summed E-state index contributed by atoms with van der Waals surface area (Å²) in [5.41, 5.74) is 8.55. The molecule has 0 amide bonds. The Bertz CT molecular complexity index is 334. The van der Waals surface area contributed by atoms with Crippen LogP contribution < -0.4 is 10.5 Å². The summed E-state index contributed by atoms with van der Waals surface area (Å²) < 4.78 is 5.78. The van der Waals surface area contributed by atoms with Gasteiger partial charge >= 0.3 is 0 Å². The highest BCUT2D eigenvalue weighted by atomic mass is 16.5. The lowest BCUT2D eigenvalue weighted by molar-refractivity contribution is 0.295. The SMILES string of the molecule is CCCCc1cc(CCCC)cc(OCC(C)N)c1. The van der Waals surface area contributed by atoms with E-state index in [9.17, 15) is 0 Å². The van der Waals surface area contributed by atoms with E-state index < -0.39 is 0 Å². The van der Waals surface area contributed by atoms with E-state index in [1.54, 1.807) is 0 Å². The largest absolute Gasteiger partial charge is 0.492 e. The first-order valence-corrected chi connectivity index (χ1v) is 7.67. The molecule has 19 heavy (non-hydrogen) atoms. The molecule has 2 nitrogen and oxygen atoms in total. The van der Waals surface area contributed by atoms with Crippen molar-refractivity contribution in [1.29, 1.82) is 0 Å². The van der Waals surface area contributed by atoms with Crippen LogP contribution >= 0.6 is 0 Å². The quantitative estimate of drug-likeness (QED) is 0.728. The number of nitrogens with two attached hydrogens (primary N) is 1. The zero-order chi connectivity index (χ0) is 14.1. The van der Waals surface area contributed by atoms with E-state index >= 15 is 0 Å². The molecule has 1 unspecified atom stereocenters. The van der Waals surface area contributed by atoms with E-state index in [0.29, 0.717) is 6.61 Å². The minimum absolute atomic E-state index is 0.0818. The van der Waals surface area contributed by atoms with Gasteiger partial charge in [-0.25, -0.2) is 0 Å². The topological polar surface area (TPSA) is 35.2 Å². The minimum atomic E-state index is 0.0818. The fraction of sp³-hybridized carbons (Fsp3) is 0.647. The summed E-state index contributed by atoms with van der Waals surface area (Å²) in [4.78, 5) is 0. The second kappa shape index (κ2) is 8.98. The zero-order valence-electron chi connectivity index (χ0n) is 12.7. The van der Waals surface area contributed by atoms with E-state index in [0.717, 1.165) is 18.6 Å². The second-order valence-electron chi connectivity index (χ2n) is 5.48. The highest BCUT2D eigenvalue weighted by molar-refractivity contribution is 5.35. The van der Waals surface area contributed by atoms with Gasteiger partial charge in [-0.3, -0.25) is 0 Å². The molecule has 0 radical (unpaired) electrons. The first-order chi connectivity index (χ1) is 9.15. The van der Waals surface area contributed by atoms with Gasteiger partial charge < -0.3 is 10.5 Å². The molecule has 108 valence electrons. The minimum Gasteiger partial charge on any atom is -0.492 e. The standard InChI is InChI=1S/C17H29NO/c1-4-6-8-15-10-16(9-7-5-2)12-17(11-15)19-13-14(3)18/h10-12,14H,4-9,13,18H2,1-3H3. The molecule has 2 N–H and O–H groups in total. The predicted molar refractivity (Wildman–Crippen MR) is 82.8 cm³/mol. The molecule has 0 aliphatic rings. The van der Waals surface area contributed by atoms with Gasteiger partial charge in [0.2, 0.25) is 0 Å². The van der Waals surface area contributed by atoms with E-state index in [4.69, 9.17) is 10.5 Å². The highest BCUT2D eigenvalue weighted by Crippen LogP contribution is 2.20. The zero-order valence-corrected chi connectivity index (χ0v) is 12.7. The molecule has 0 heterocycles. The van der Waals surface area contributed by atoms with Crippen LogP contribution in [0.5, 0.6) is 5.75 Å². The summed E-state index contributed by atoms with van der Waals surface area (Å²) in [7, 11) is 0. The molecule has 1 rings (SSSR count). The van der Waals surface area contributed by atoms with Crippen LogP contribution in [0.3, 0.4) is 0 Å². The third-order valence-corrected chi connectivity index (χ3v) is 3.18. The lowest BCUT2D eigenvalue weighted by Gasteiger charge is -2.12. The van der Waals surface area contributed by atoms with E-state index in [-0.39, 0.29) is 6.04 Å². The van der Waals surface area contributed by atoms with E-state index in [1.807, 2.05) is 6.92 Å². The summed E-state index contributed by atoms with van der Waals surface area (Å²) >= 11 is 0. The lowest BCUT2D eigenvalue weighted by Crippen LogP contribution is -2.23. The van der Waals surface area contributed by atoms with Crippen molar-refractivity contribution in [2.24, 2.45) is 5.73 Å². The van der Waals surface area contributed by atoms with Gasteiger partial charge in [-0.05, 0) is 55.9 Å². The Hall–Kier alpha value is -1.02. The maximum absolute atomic E-state index is 5.78.